The van der Waals surface area contributed by atoms with Gasteiger partial charge in [0.25, 0.3) is 0 Å². The first-order valence-electron chi connectivity index (χ1n) is 12.4. The third-order valence-electron chi connectivity index (χ3n) is 7.96. The van der Waals surface area contributed by atoms with Crippen molar-refractivity contribution in [1.29, 1.82) is 0 Å². The van der Waals surface area contributed by atoms with Gasteiger partial charge in [0.1, 0.15) is 23.4 Å². The van der Waals surface area contributed by atoms with E-state index in [-0.39, 0.29) is 5.60 Å². The Labute approximate surface area is 194 Å². The molecule has 2 aromatic heterocycles. The second kappa shape index (κ2) is 8.37. The number of rotatable bonds is 6. The lowest BCUT2D eigenvalue weighted by molar-refractivity contribution is 0.0170. The fourth-order valence-electron chi connectivity index (χ4n) is 5.53. The van der Waals surface area contributed by atoms with Gasteiger partial charge < -0.3 is 9.47 Å². The van der Waals surface area contributed by atoms with Crippen molar-refractivity contribution < 1.29 is 9.47 Å². The van der Waals surface area contributed by atoms with Gasteiger partial charge in [0, 0.05) is 36.1 Å². The Balaban J connectivity index is 1.22. The molecule has 3 heterocycles. The summed E-state index contributed by atoms with van der Waals surface area (Å²) in [6.07, 6.45) is 7.70. The number of ether oxygens (including phenoxy) is 2. The van der Waals surface area contributed by atoms with Crippen LogP contribution < -0.4 is 4.74 Å². The summed E-state index contributed by atoms with van der Waals surface area (Å²) in [4.78, 5) is 11.9. The van der Waals surface area contributed by atoms with Crippen LogP contribution in [0.2, 0.25) is 0 Å². The third-order valence-corrected chi connectivity index (χ3v) is 7.96. The zero-order valence-electron chi connectivity index (χ0n) is 19.6. The van der Waals surface area contributed by atoms with Crippen molar-refractivity contribution >= 4 is 10.9 Å². The standard InChI is InChI=1S/C26H33N5O2/c1-17(18-3-4-19(13-18)31-9-11-32-12-10-31)23-15-24(28-16-27-23)25-21-14-20(33-26(2)7-8-26)5-6-22(21)29-30-25/h5-6,14-19H,3-4,7-13H2,1-2H3,(H,29,30). The second-order valence-electron chi connectivity index (χ2n) is 10.3. The molecule has 3 aliphatic rings. The molecule has 3 atom stereocenters. The van der Waals surface area contributed by atoms with Crippen LogP contribution >= 0.6 is 0 Å². The Hall–Kier alpha value is -2.51. The third kappa shape index (κ3) is 4.24. The summed E-state index contributed by atoms with van der Waals surface area (Å²) < 4.78 is 11.7. The summed E-state index contributed by atoms with van der Waals surface area (Å²) >= 11 is 0. The highest BCUT2D eigenvalue weighted by atomic mass is 16.5. The summed E-state index contributed by atoms with van der Waals surface area (Å²) in [5, 5.41) is 8.80. The van der Waals surface area contributed by atoms with Crippen LogP contribution in [0.4, 0.5) is 0 Å². The number of fused-ring (bicyclic) bond motifs is 1. The summed E-state index contributed by atoms with van der Waals surface area (Å²) in [5.41, 5.74) is 3.84. The van der Waals surface area contributed by atoms with Crippen LogP contribution in [0.1, 0.15) is 57.6 Å². The van der Waals surface area contributed by atoms with Crippen LogP contribution in [0, 0.1) is 5.92 Å². The Bertz CT molecular complexity index is 1130. The van der Waals surface area contributed by atoms with E-state index in [0.29, 0.717) is 17.9 Å². The molecule has 0 amide bonds. The minimum atomic E-state index is -0.00451. The van der Waals surface area contributed by atoms with Crippen LogP contribution in [-0.4, -0.2) is 63.0 Å². The molecule has 1 aromatic carbocycles. The molecule has 7 heteroatoms. The number of morpholine rings is 1. The van der Waals surface area contributed by atoms with Crippen LogP contribution in [0.5, 0.6) is 5.75 Å². The largest absolute Gasteiger partial charge is 0.488 e. The maximum Gasteiger partial charge on any atom is 0.120 e. The van der Waals surface area contributed by atoms with Crippen molar-refractivity contribution in [2.24, 2.45) is 5.92 Å². The molecule has 3 fully saturated rings. The van der Waals surface area contributed by atoms with Crippen molar-refractivity contribution in [1.82, 2.24) is 25.1 Å². The maximum atomic E-state index is 6.18. The predicted octanol–water partition coefficient (Wildman–Crippen LogP) is 4.56. The monoisotopic (exact) mass is 447 g/mol. The molecule has 0 bridgehead atoms. The molecule has 0 spiro atoms. The molecular formula is C26H33N5O2. The molecule has 0 radical (unpaired) electrons. The first-order chi connectivity index (χ1) is 16.1. The molecule has 2 saturated carbocycles. The lowest BCUT2D eigenvalue weighted by Crippen LogP contribution is -2.42. The van der Waals surface area contributed by atoms with Gasteiger partial charge >= 0.3 is 0 Å². The van der Waals surface area contributed by atoms with Crippen molar-refractivity contribution in [3.8, 4) is 17.1 Å². The van der Waals surface area contributed by atoms with E-state index in [1.165, 1.54) is 19.3 Å². The van der Waals surface area contributed by atoms with E-state index >= 15 is 0 Å². The van der Waals surface area contributed by atoms with Crippen molar-refractivity contribution in [3.63, 3.8) is 0 Å². The number of nitrogens with zero attached hydrogens (tertiary/aromatic N) is 4. The summed E-state index contributed by atoms with van der Waals surface area (Å²) in [6, 6.07) is 8.98. The van der Waals surface area contributed by atoms with E-state index in [1.54, 1.807) is 6.33 Å². The van der Waals surface area contributed by atoms with Gasteiger partial charge in [-0.25, -0.2) is 9.97 Å². The number of H-pyrrole nitrogens is 1. The van der Waals surface area contributed by atoms with Gasteiger partial charge in [0.2, 0.25) is 0 Å². The fourth-order valence-corrected chi connectivity index (χ4v) is 5.53. The highest BCUT2D eigenvalue weighted by molar-refractivity contribution is 5.92. The smallest absolute Gasteiger partial charge is 0.120 e. The van der Waals surface area contributed by atoms with E-state index in [1.807, 2.05) is 12.1 Å². The zero-order valence-corrected chi connectivity index (χ0v) is 19.6. The zero-order chi connectivity index (χ0) is 22.4. The van der Waals surface area contributed by atoms with Gasteiger partial charge in [0.15, 0.2) is 0 Å². The molecule has 1 aliphatic heterocycles. The van der Waals surface area contributed by atoms with Gasteiger partial charge in [-0.2, -0.15) is 5.10 Å². The summed E-state index contributed by atoms with van der Waals surface area (Å²) in [7, 11) is 0. The quantitative estimate of drug-likeness (QED) is 0.597. The molecule has 3 aromatic rings. The van der Waals surface area contributed by atoms with Gasteiger partial charge in [-0.15, -0.1) is 0 Å². The highest BCUT2D eigenvalue weighted by Gasteiger charge is 2.40. The summed E-state index contributed by atoms with van der Waals surface area (Å²) in [6.45, 7) is 8.37. The number of benzene rings is 1. The molecule has 174 valence electrons. The second-order valence-corrected chi connectivity index (χ2v) is 10.3. The minimum Gasteiger partial charge on any atom is -0.488 e. The average molecular weight is 448 g/mol. The molecule has 3 unspecified atom stereocenters. The Morgan fingerprint density at radius 2 is 2.00 bits per heavy atom. The SMILES string of the molecule is CC(c1cc(-c2n[nH]c3ccc(OC4(C)CC4)cc23)ncn1)C1CCC(N2CCOCC2)C1. The average Bonchev–Trinajstić information content (AvgIpc) is 3.24. The van der Waals surface area contributed by atoms with E-state index in [4.69, 9.17) is 9.47 Å². The van der Waals surface area contributed by atoms with Crippen molar-refractivity contribution in [3.05, 3.63) is 36.3 Å². The van der Waals surface area contributed by atoms with Crippen LogP contribution in [-0.2, 0) is 4.74 Å². The van der Waals surface area contributed by atoms with Gasteiger partial charge in [-0.05, 0) is 69.2 Å². The Morgan fingerprint density at radius 1 is 1.15 bits per heavy atom. The summed E-state index contributed by atoms with van der Waals surface area (Å²) in [5.74, 6) is 1.94. The highest BCUT2D eigenvalue weighted by Crippen LogP contribution is 2.41. The normalized spacial score (nSPS) is 25.9. The molecule has 6 rings (SSSR count). The van der Waals surface area contributed by atoms with Crippen molar-refractivity contribution in [2.75, 3.05) is 26.3 Å². The molecule has 33 heavy (non-hydrogen) atoms. The molecule has 1 saturated heterocycles. The van der Waals surface area contributed by atoms with Crippen molar-refractivity contribution in [2.45, 2.75) is 63.5 Å². The minimum absolute atomic E-state index is 0.00451. The van der Waals surface area contributed by atoms with E-state index in [0.717, 1.165) is 72.9 Å². The Kier molecular flexibility index (Phi) is 5.34. The lowest BCUT2D eigenvalue weighted by Gasteiger charge is -2.32. The Morgan fingerprint density at radius 3 is 2.82 bits per heavy atom. The first kappa shape index (κ1) is 21.1. The van der Waals surface area contributed by atoms with Crippen LogP contribution in [0.15, 0.2) is 30.6 Å². The number of hydrogen-bond acceptors (Lipinski definition) is 6. The van der Waals surface area contributed by atoms with Gasteiger partial charge in [0.05, 0.1) is 24.4 Å². The van der Waals surface area contributed by atoms with Gasteiger partial charge in [-0.1, -0.05) is 6.92 Å². The topological polar surface area (TPSA) is 76.2 Å². The molecule has 1 N–H and O–H groups in total. The number of hydrogen-bond donors (Lipinski definition) is 1. The fraction of sp³-hybridized carbons (Fsp3) is 0.577. The molecule has 7 nitrogen and oxygen atoms in total. The maximum absolute atomic E-state index is 6.18. The van der Waals surface area contributed by atoms with E-state index in [2.05, 4.69) is 51.0 Å². The predicted molar refractivity (Wildman–Crippen MR) is 127 cm³/mol. The lowest BCUT2D eigenvalue weighted by atomic mass is 9.89. The first-order valence-corrected chi connectivity index (χ1v) is 12.4. The van der Waals surface area contributed by atoms with Crippen LogP contribution in [0.25, 0.3) is 22.3 Å². The molecular weight excluding hydrogens is 414 g/mol. The number of nitrogens with one attached hydrogen (secondary N) is 1. The van der Waals surface area contributed by atoms with E-state index < -0.39 is 0 Å². The van der Waals surface area contributed by atoms with E-state index in [9.17, 15) is 0 Å². The number of aromatic nitrogens is 4. The number of aromatic amines is 1. The van der Waals surface area contributed by atoms with Crippen LogP contribution in [0.3, 0.4) is 0 Å². The van der Waals surface area contributed by atoms with Gasteiger partial charge in [-0.3, -0.25) is 10.00 Å². The molecule has 2 aliphatic carbocycles.